The summed E-state index contributed by atoms with van der Waals surface area (Å²) in [5.41, 5.74) is 5.65. The molecular weight excluding hydrogens is 497 g/mol. The number of aromatic nitrogens is 4. The zero-order chi connectivity index (χ0) is 24.8. The van der Waals surface area contributed by atoms with Crippen molar-refractivity contribution in [1.29, 1.82) is 0 Å². The molecule has 0 bridgehead atoms. The number of nitrogen functional groups attached to an aromatic ring is 1. The molecule has 1 atom stereocenters. The average molecular weight is 514 g/mol. The first-order valence-electron chi connectivity index (χ1n) is 10.0. The molecule has 0 aliphatic rings. The van der Waals surface area contributed by atoms with Gasteiger partial charge in [-0.05, 0) is 19.1 Å². The Morgan fingerprint density at radius 2 is 1.94 bits per heavy atom. The molecule has 0 saturated carbocycles. The van der Waals surface area contributed by atoms with Gasteiger partial charge in [-0.2, -0.15) is 13.2 Å². The van der Waals surface area contributed by atoms with E-state index in [0.717, 1.165) is 18.3 Å². The lowest BCUT2D eigenvalue weighted by molar-refractivity contribution is -0.141. The van der Waals surface area contributed by atoms with Crippen LogP contribution in [0.5, 0.6) is 5.75 Å². The minimum atomic E-state index is -4.63. The van der Waals surface area contributed by atoms with Crippen molar-refractivity contribution in [1.82, 2.24) is 19.4 Å². The Kier molecular flexibility index (Phi) is 6.30. The van der Waals surface area contributed by atoms with Crippen LogP contribution in [-0.4, -0.2) is 26.0 Å². The smallest absolute Gasteiger partial charge is 0.433 e. The number of hydrogen-bond donors (Lipinski definition) is 1. The molecule has 0 aliphatic heterocycles. The molecule has 1 aromatic carbocycles. The van der Waals surface area contributed by atoms with Crippen molar-refractivity contribution in [2.24, 2.45) is 0 Å². The van der Waals surface area contributed by atoms with Crippen LogP contribution in [-0.2, 0) is 6.18 Å². The molecule has 0 amide bonds. The van der Waals surface area contributed by atoms with E-state index >= 15 is 4.39 Å². The van der Waals surface area contributed by atoms with Gasteiger partial charge in [-0.3, -0.25) is 9.38 Å². The zero-order valence-electron chi connectivity index (χ0n) is 17.8. The van der Waals surface area contributed by atoms with Crippen LogP contribution in [0.2, 0.25) is 10.2 Å². The molecule has 34 heavy (non-hydrogen) atoms. The van der Waals surface area contributed by atoms with Gasteiger partial charge in [-0.15, -0.1) is 0 Å². The predicted octanol–water partition coefficient (Wildman–Crippen LogP) is 6.39. The molecule has 178 valence electrons. The number of benzene rings is 1. The maximum atomic E-state index is 15.2. The van der Waals surface area contributed by atoms with Crippen LogP contribution in [0.15, 0.2) is 36.8 Å². The number of anilines is 1. The van der Waals surface area contributed by atoms with Gasteiger partial charge in [0, 0.05) is 35.6 Å². The van der Waals surface area contributed by atoms with Gasteiger partial charge in [0.05, 0.1) is 17.2 Å². The number of nitrogens with two attached hydrogens (primary N) is 1. The molecule has 0 saturated heterocycles. The normalized spacial score (nSPS) is 12.8. The third kappa shape index (κ3) is 4.12. The van der Waals surface area contributed by atoms with Crippen molar-refractivity contribution in [3.8, 4) is 16.9 Å². The minimum Gasteiger partial charge on any atom is -0.493 e. The molecular formula is C22H17Cl2F4N5O. The Balaban J connectivity index is 1.93. The molecule has 12 heteroatoms. The SMILES string of the molecule is CCOc1c(C(C)c2nc(Cl)c3c(N)nccn23)cc(Cl)c(F)c1-c1ccc(C(F)(F)F)nc1. The highest BCUT2D eigenvalue weighted by Crippen LogP contribution is 2.44. The van der Waals surface area contributed by atoms with Crippen molar-refractivity contribution < 1.29 is 22.3 Å². The number of rotatable bonds is 5. The van der Waals surface area contributed by atoms with E-state index in [-0.39, 0.29) is 39.5 Å². The van der Waals surface area contributed by atoms with Crippen LogP contribution < -0.4 is 10.5 Å². The number of imidazole rings is 1. The number of nitrogens with zero attached hydrogens (tertiary/aromatic N) is 4. The fourth-order valence-electron chi connectivity index (χ4n) is 3.70. The predicted molar refractivity (Wildman–Crippen MR) is 121 cm³/mol. The molecule has 0 fully saturated rings. The lowest BCUT2D eigenvalue weighted by Gasteiger charge is -2.21. The standard InChI is InChI=1S/C22H17Cl2F4N5O/c1-3-34-18-12(10(2)21-32-19(24)17-20(29)30-6-7-33(17)21)8-13(23)16(25)15(18)11-4-5-14(31-9-11)22(26,27)28/h4-10H,3H2,1-2H3,(H2,29,30). The Labute approximate surface area is 201 Å². The summed E-state index contributed by atoms with van der Waals surface area (Å²) in [6.45, 7) is 3.63. The van der Waals surface area contributed by atoms with E-state index in [1.807, 2.05) is 0 Å². The minimum absolute atomic E-state index is 0.0735. The number of alkyl halides is 3. The van der Waals surface area contributed by atoms with E-state index in [1.54, 1.807) is 24.4 Å². The molecule has 4 rings (SSSR count). The highest BCUT2D eigenvalue weighted by Gasteiger charge is 2.33. The fraction of sp³-hybridized carbons (Fsp3) is 0.227. The first-order chi connectivity index (χ1) is 16.0. The van der Waals surface area contributed by atoms with E-state index in [4.69, 9.17) is 33.7 Å². The average Bonchev–Trinajstić information content (AvgIpc) is 3.13. The van der Waals surface area contributed by atoms with Gasteiger partial charge in [0.15, 0.2) is 16.8 Å². The summed E-state index contributed by atoms with van der Waals surface area (Å²) in [5.74, 6) is -0.649. The Morgan fingerprint density at radius 1 is 1.21 bits per heavy atom. The quantitative estimate of drug-likeness (QED) is 0.313. The van der Waals surface area contributed by atoms with E-state index in [0.29, 0.717) is 16.9 Å². The van der Waals surface area contributed by atoms with Gasteiger partial charge >= 0.3 is 6.18 Å². The number of ether oxygens (including phenoxy) is 1. The summed E-state index contributed by atoms with van der Waals surface area (Å²) in [6.07, 6.45) is -0.590. The highest BCUT2D eigenvalue weighted by atomic mass is 35.5. The zero-order valence-corrected chi connectivity index (χ0v) is 19.3. The van der Waals surface area contributed by atoms with Gasteiger partial charge in [-0.1, -0.05) is 36.2 Å². The molecule has 1 unspecified atom stereocenters. The lowest BCUT2D eigenvalue weighted by atomic mass is 9.93. The monoisotopic (exact) mass is 513 g/mol. The van der Waals surface area contributed by atoms with E-state index in [2.05, 4.69) is 15.0 Å². The summed E-state index contributed by atoms with van der Waals surface area (Å²) in [4.78, 5) is 11.9. The van der Waals surface area contributed by atoms with Crippen molar-refractivity contribution in [2.75, 3.05) is 12.3 Å². The largest absolute Gasteiger partial charge is 0.493 e. The van der Waals surface area contributed by atoms with Crippen LogP contribution >= 0.6 is 23.2 Å². The third-order valence-electron chi connectivity index (χ3n) is 5.25. The van der Waals surface area contributed by atoms with Crippen molar-refractivity contribution in [3.05, 3.63) is 69.9 Å². The van der Waals surface area contributed by atoms with Gasteiger partial charge in [0.1, 0.15) is 22.8 Å². The lowest BCUT2D eigenvalue weighted by Crippen LogP contribution is -2.09. The summed E-state index contributed by atoms with van der Waals surface area (Å²) >= 11 is 12.5. The number of halogens is 6. The molecule has 0 spiro atoms. The van der Waals surface area contributed by atoms with E-state index in [9.17, 15) is 13.2 Å². The first kappa shape index (κ1) is 24.0. The van der Waals surface area contributed by atoms with Crippen LogP contribution in [0.1, 0.15) is 36.8 Å². The van der Waals surface area contributed by atoms with Gasteiger partial charge in [0.25, 0.3) is 0 Å². The van der Waals surface area contributed by atoms with Crippen LogP contribution in [0.25, 0.3) is 16.6 Å². The second kappa shape index (κ2) is 8.92. The second-order valence-corrected chi connectivity index (χ2v) is 8.11. The summed E-state index contributed by atoms with van der Waals surface area (Å²) in [7, 11) is 0. The van der Waals surface area contributed by atoms with Crippen LogP contribution in [0.4, 0.5) is 23.4 Å². The van der Waals surface area contributed by atoms with Crippen LogP contribution in [0.3, 0.4) is 0 Å². The van der Waals surface area contributed by atoms with Crippen LogP contribution in [0, 0.1) is 5.82 Å². The Bertz CT molecular complexity index is 1370. The van der Waals surface area contributed by atoms with Crippen molar-refractivity contribution in [2.45, 2.75) is 25.9 Å². The molecule has 2 N–H and O–H groups in total. The molecule has 0 radical (unpaired) electrons. The van der Waals surface area contributed by atoms with Gasteiger partial charge in [-0.25, -0.2) is 14.4 Å². The molecule has 0 aliphatic carbocycles. The molecule has 3 aromatic heterocycles. The first-order valence-corrected chi connectivity index (χ1v) is 10.8. The van der Waals surface area contributed by atoms with E-state index < -0.39 is 23.6 Å². The number of pyridine rings is 1. The fourth-order valence-corrected chi connectivity index (χ4v) is 4.19. The molecule has 6 nitrogen and oxygen atoms in total. The van der Waals surface area contributed by atoms with Gasteiger partial charge < -0.3 is 10.5 Å². The van der Waals surface area contributed by atoms with Crippen molar-refractivity contribution >= 4 is 34.5 Å². The summed E-state index contributed by atoms with van der Waals surface area (Å²) < 4.78 is 61.6. The third-order valence-corrected chi connectivity index (χ3v) is 5.79. The highest BCUT2D eigenvalue weighted by molar-refractivity contribution is 6.33. The Morgan fingerprint density at radius 3 is 2.56 bits per heavy atom. The van der Waals surface area contributed by atoms with Gasteiger partial charge in [0.2, 0.25) is 0 Å². The Hall–Kier alpha value is -3.11. The maximum Gasteiger partial charge on any atom is 0.433 e. The topological polar surface area (TPSA) is 78.3 Å². The summed E-state index contributed by atoms with van der Waals surface area (Å²) in [6, 6.07) is 3.29. The molecule has 4 aromatic rings. The maximum absolute atomic E-state index is 15.2. The molecule has 3 heterocycles. The summed E-state index contributed by atoms with van der Waals surface area (Å²) in [5, 5.41) is -0.112. The number of hydrogen-bond acceptors (Lipinski definition) is 5. The number of fused-ring (bicyclic) bond motifs is 1. The van der Waals surface area contributed by atoms with Crippen molar-refractivity contribution in [3.63, 3.8) is 0 Å². The van der Waals surface area contributed by atoms with E-state index in [1.165, 1.54) is 12.3 Å². The second-order valence-electron chi connectivity index (χ2n) is 7.34.